The molecule has 2 aliphatic carbocycles. The molecule has 0 bridgehead atoms. The lowest BCUT2D eigenvalue weighted by Crippen LogP contribution is -2.41. The Morgan fingerprint density at radius 3 is 2.47 bits per heavy atom. The fourth-order valence-electron chi connectivity index (χ4n) is 5.01. The van der Waals surface area contributed by atoms with Crippen molar-refractivity contribution in [3.8, 4) is 0 Å². The van der Waals surface area contributed by atoms with Gasteiger partial charge in [-0.25, -0.2) is 9.50 Å². The molecule has 2 aromatic heterocycles. The zero-order chi connectivity index (χ0) is 20.4. The lowest BCUT2D eigenvalue weighted by Gasteiger charge is -2.32. The number of nitrogens with zero attached hydrogens (tertiary/aromatic N) is 4. The van der Waals surface area contributed by atoms with E-state index < -0.39 is 0 Å². The number of H-pyrrole nitrogens is 1. The molecule has 1 atom stereocenters. The molecule has 2 saturated carbocycles. The molecule has 2 amide bonds. The second-order valence-electron chi connectivity index (χ2n) is 9.43. The highest BCUT2D eigenvalue weighted by atomic mass is 16.2. The van der Waals surface area contributed by atoms with E-state index in [0.29, 0.717) is 43.2 Å². The second-order valence-corrected chi connectivity index (χ2v) is 9.43. The van der Waals surface area contributed by atoms with Gasteiger partial charge in [-0.05, 0) is 38.5 Å². The Morgan fingerprint density at radius 1 is 1.00 bits per heavy atom. The number of fused-ring (bicyclic) bond motifs is 2. The maximum absolute atomic E-state index is 13.2. The van der Waals surface area contributed by atoms with Gasteiger partial charge in [0, 0.05) is 55.6 Å². The molecular formula is C22H27N5O3. The zero-order valence-electron chi connectivity index (χ0n) is 17.1. The Morgan fingerprint density at radius 2 is 1.73 bits per heavy atom. The monoisotopic (exact) mass is 409 g/mol. The van der Waals surface area contributed by atoms with Crippen molar-refractivity contribution in [3.05, 3.63) is 33.4 Å². The number of aromatic nitrogens is 3. The number of aromatic amines is 1. The van der Waals surface area contributed by atoms with Gasteiger partial charge in [0.1, 0.15) is 0 Å². The van der Waals surface area contributed by atoms with Crippen LogP contribution in [-0.4, -0.2) is 55.8 Å². The highest BCUT2D eigenvalue weighted by molar-refractivity contribution is 5.81. The van der Waals surface area contributed by atoms with Crippen molar-refractivity contribution in [2.45, 2.75) is 57.4 Å². The summed E-state index contributed by atoms with van der Waals surface area (Å²) in [5.41, 5.74) is 2.97. The maximum atomic E-state index is 13.2. The molecular weight excluding hydrogens is 382 g/mol. The fourth-order valence-corrected chi connectivity index (χ4v) is 5.01. The number of carbonyl (C=O) groups excluding carboxylic acids is 2. The Bertz CT molecular complexity index is 1090. The first-order valence-corrected chi connectivity index (χ1v) is 11.3. The van der Waals surface area contributed by atoms with E-state index in [1.54, 1.807) is 0 Å². The van der Waals surface area contributed by atoms with Crippen molar-refractivity contribution in [2.75, 3.05) is 19.6 Å². The van der Waals surface area contributed by atoms with Crippen LogP contribution in [0.3, 0.4) is 0 Å². The molecule has 2 aliphatic heterocycles. The van der Waals surface area contributed by atoms with Gasteiger partial charge in [0.2, 0.25) is 11.8 Å². The predicted octanol–water partition coefficient (Wildman–Crippen LogP) is 1.43. The molecule has 158 valence electrons. The van der Waals surface area contributed by atoms with E-state index in [2.05, 4.69) is 5.10 Å². The Kier molecular flexibility index (Phi) is 4.05. The van der Waals surface area contributed by atoms with Crippen molar-refractivity contribution < 1.29 is 9.59 Å². The molecule has 4 aliphatic rings. The van der Waals surface area contributed by atoms with E-state index in [-0.39, 0.29) is 29.2 Å². The summed E-state index contributed by atoms with van der Waals surface area (Å²) in [7, 11) is 0. The van der Waals surface area contributed by atoms with Crippen LogP contribution in [0.25, 0.3) is 5.65 Å². The molecule has 0 aromatic carbocycles. The molecule has 0 unspecified atom stereocenters. The van der Waals surface area contributed by atoms with Gasteiger partial charge in [-0.3, -0.25) is 19.5 Å². The standard InChI is InChI=1S/C22H27N5O3/c28-20(13-3-4-13)25-8-1-2-15(11-25)18-10-19-23-17-7-9-26(21(29)14-5-6-14)12-16(17)22(30)27(19)24-18/h10,13-15,24H,1-9,11-12H2/t15-/m0/s1. The summed E-state index contributed by atoms with van der Waals surface area (Å²) >= 11 is 0. The van der Waals surface area contributed by atoms with Crippen LogP contribution in [0, 0.1) is 11.8 Å². The first kappa shape index (κ1) is 18.2. The van der Waals surface area contributed by atoms with Crippen molar-refractivity contribution in [2.24, 2.45) is 11.8 Å². The van der Waals surface area contributed by atoms with Crippen LogP contribution >= 0.6 is 0 Å². The summed E-state index contributed by atoms with van der Waals surface area (Å²) in [6, 6.07) is 1.97. The molecule has 8 nitrogen and oxygen atoms in total. The molecule has 0 spiro atoms. The minimum Gasteiger partial charge on any atom is -0.342 e. The SMILES string of the molecule is O=C(C1CC1)N1CCc2nc3cc([C@H]4CCCN(C(=O)C5CC5)C4)[nH]n3c(=O)c2C1. The van der Waals surface area contributed by atoms with E-state index in [1.807, 2.05) is 15.9 Å². The second kappa shape index (κ2) is 6.68. The lowest BCUT2D eigenvalue weighted by molar-refractivity contribution is -0.134. The normalized spacial score (nSPS) is 24.2. The molecule has 30 heavy (non-hydrogen) atoms. The third kappa shape index (κ3) is 3.04. The molecule has 1 N–H and O–H groups in total. The van der Waals surface area contributed by atoms with E-state index in [4.69, 9.17) is 4.98 Å². The van der Waals surface area contributed by atoms with E-state index >= 15 is 0 Å². The predicted molar refractivity (Wildman–Crippen MR) is 109 cm³/mol. The topological polar surface area (TPSA) is 90.8 Å². The Labute approximate surface area is 174 Å². The smallest absolute Gasteiger partial charge is 0.277 e. The number of rotatable bonds is 3. The van der Waals surface area contributed by atoms with Crippen LogP contribution in [0.4, 0.5) is 0 Å². The van der Waals surface area contributed by atoms with Crippen LogP contribution in [0.2, 0.25) is 0 Å². The number of amides is 2. The molecule has 6 rings (SSSR count). The largest absolute Gasteiger partial charge is 0.342 e. The Hall–Kier alpha value is -2.64. The van der Waals surface area contributed by atoms with Gasteiger partial charge in [-0.2, -0.15) is 0 Å². The van der Waals surface area contributed by atoms with Crippen LogP contribution in [0.1, 0.15) is 61.4 Å². The zero-order valence-corrected chi connectivity index (χ0v) is 17.1. The van der Waals surface area contributed by atoms with Crippen LogP contribution in [-0.2, 0) is 22.6 Å². The number of likely N-dealkylation sites (tertiary alicyclic amines) is 1. The molecule has 3 fully saturated rings. The maximum Gasteiger partial charge on any atom is 0.277 e. The Balaban J connectivity index is 1.28. The number of hydrogen-bond acceptors (Lipinski definition) is 4. The molecule has 1 saturated heterocycles. The van der Waals surface area contributed by atoms with Crippen LogP contribution < -0.4 is 5.56 Å². The highest BCUT2D eigenvalue weighted by Gasteiger charge is 2.37. The summed E-state index contributed by atoms with van der Waals surface area (Å²) in [5, 5.41) is 3.27. The number of carbonyl (C=O) groups is 2. The molecule has 0 radical (unpaired) electrons. The van der Waals surface area contributed by atoms with Gasteiger partial charge in [0.05, 0.1) is 17.8 Å². The highest BCUT2D eigenvalue weighted by Crippen LogP contribution is 2.35. The van der Waals surface area contributed by atoms with Gasteiger partial charge in [0.25, 0.3) is 5.56 Å². The first-order chi connectivity index (χ1) is 14.6. The van der Waals surface area contributed by atoms with Crippen molar-refractivity contribution in [3.63, 3.8) is 0 Å². The summed E-state index contributed by atoms with van der Waals surface area (Å²) in [4.78, 5) is 46.7. The summed E-state index contributed by atoms with van der Waals surface area (Å²) in [5.74, 6) is 1.08. The van der Waals surface area contributed by atoms with Crippen molar-refractivity contribution in [1.82, 2.24) is 24.4 Å². The number of hydrogen-bond donors (Lipinski definition) is 1. The van der Waals surface area contributed by atoms with Gasteiger partial charge in [0.15, 0.2) is 5.65 Å². The van der Waals surface area contributed by atoms with Crippen LogP contribution in [0.5, 0.6) is 0 Å². The third-order valence-corrected chi connectivity index (χ3v) is 7.12. The van der Waals surface area contributed by atoms with Gasteiger partial charge in [-0.1, -0.05) is 0 Å². The van der Waals surface area contributed by atoms with Crippen molar-refractivity contribution >= 4 is 17.5 Å². The third-order valence-electron chi connectivity index (χ3n) is 7.12. The summed E-state index contributed by atoms with van der Waals surface area (Å²) in [6.45, 7) is 2.55. The number of piperidine rings is 1. The summed E-state index contributed by atoms with van der Waals surface area (Å²) in [6.07, 6.45) is 6.61. The lowest BCUT2D eigenvalue weighted by atomic mass is 9.94. The molecule has 4 heterocycles. The molecule has 2 aromatic rings. The van der Waals surface area contributed by atoms with Gasteiger partial charge >= 0.3 is 0 Å². The van der Waals surface area contributed by atoms with Crippen LogP contribution in [0.15, 0.2) is 10.9 Å². The van der Waals surface area contributed by atoms with Crippen molar-refractivity contribution in [1.29, 1.82) is 0 Å². The minimum absolute atomic E-state index is 0.101. The number of nitrogens with one attached hydrogen (secondary N) is 1. The van der Waals surface area contributed by atoms with Gasteiger partial charge < -0.3 is 9.80 Å². The van der Waals surface area contributed by atoms with E-state index in [1.165, 1.54) is 4.52 Å². The average molecular weight is 409 g/mol. The van der Waals surface area contributed by atoms with E-state index in [9.17, 15) is 14.4 Å². The van der Waals surface area contributed by atoms with Gasteiger partial charge in [-0.15, -0.1) is 0 Å². The van der Waals surface area contributed by atoms with E-state index in [0.717, 1.165) is 56.5 Å². The summed E-state index contributed by atoms with van der Waals surface area (Å²) < 4.78 is 1.53. The quantitative estimate of drug-likeness (QED) is 0.830. The molecule has 8 heteroatoms. The average Bonchev–Trinajstić information content (AvgIpc) is 3.69. The first-order valence-electron chi connectivity index (χ1n) is 11.3. The minimum atomic E-state index is -0.101. The fraction of sp³-hybridized carbons (Fsp3) is 0.636.